The molecule has 3 rings (SSSR count). The standard InChI is InChI=1S/C23H28N2O5S/c1-4-28-22(25-31(3,26)27)15-12-18-10-13-20(14-11-18)29-16-21-17(2)30-23(24-21)19-8-6-5-7-9-19/h5-11,13-14,22,25H,4,12,15-16H2,1-3H3. The maximum Gasteiger partial charge on any atom is 0.226 e. The molecule has 31 heavy (non-hydrogen) atoms. The molecular formula is C23H28N2O5S. The number of benzene rings is 2. The van der Waals surface area contributed by atoms with E-state index in [9.17, 15) is 8.42 Å². The third-order valence-electron chi connectivity index (χ3n) is 4.62. The van der Waals surface area contributed by atoms with E-state index in [-0.39, 0.29) is 0 Å². The van der Waals surface area contributed by atoms with E-state index in [0.717, 1.165) is 34.6 Å². The molecule has 2 aromatic carbocycles. The zero-order chi connectivity index (χ0) is 22.3. The second-order valence-corrected chi connectivity index (χ2v) is 8.97. The molecule has 0 saturated heterocycles. The van der Waals surface area contributed by atoms with Crippen LogP contribution in [0.5, 0.6) is 5.75 Å². The lowest BCUT2D eigenvalue weighted by Gasteiger charge is -2.17. The van der Waals surface area contributed by atoms with Gasteiger partial charge in [0.15, 0.2) is 0 Å². The summed E-state index contributed by atoms with van der Waals surface area (Å²) >= 11 is 0. The van der Waals surface area contributed by atoms with Crippen LogP contribution >= 0.6 is 0 Å². The summed E-state index contributed by atoms with van der Waals surface area (Å²) in [7, 11) is -3.32. The molecule has 7 nitrogen and oxygen atoms in total. The summed E-state index contributed by atoms with van der Waals surface area (Å²) in [6.45, 7) is 4.46. The molecule has 0 bridgehead atoms. The van der Waals surface area contributed by atoms with E-state index in [2.05, 4.69) is 9.71 Å². The van der Waals surface area contributed by atoms with Crippen molar-refractivity contribution in [2.24, 2.45) is 0 Å². The first-order chi connectivity index (χ1) is 14.8. The average molecular weight is 445 g/mol. The molecule has 0 saturated carbocycles. The second kappa shape index (κ2) is 10.6. The fourth-order valence-corrected chi connectivity index (χ4v) is 3.75. The Morgan fingerprint density at radius 2 is 1.81 bits per heavy atom. The van der Waals surface area contributed by atoms with E-state index in [4.69, 9.17) is 13.9 Å². The van der Waals surface area contributed by atoms with Crippen molar-refractivity contribution in [3.05, 3.63) is 71.6 Å². The summed E-state index contributed by atoms with van der Waals surface area (Å²) in [5, 5.41) is 0. The molecule has 1 heterocycles. The van der Waals surface area contributed by atoms with Crippen LogP contribution in [0.2, 0.25) is 0 Å². The summed E-state index contributed by atoms with van der Waals surface area (Å²) in [5.41, 5.74) is 2.75. The molecule has 166 valence electrons. The predicted octanol–water partition coefficient (Wildman–Crippen LogP) is 4.07. The highest BCUT2D eigenvalue weighted by Crippen LogP contribution is 2.23. The zero-order valence-corrected chi connectivity index (χ0v) is 18.8. The minimum absolute atomic E-state index is 0.312. The van der Waals surface area contributed by atoms with Crippen LogP contribution in [0.3, 0.4) is 0 Å². The van der Waals surface area contributed by atoms with Crippen molar-refractivity contribution < 1.29 is 22.3 Å². The van der Waals surface area contributed by atoms with Gasteiger partial charge >= 0.3 is 0 Å². The molecule has 0 spiro atoms. The minimum atomic E-state index is -3.32. The quantitative estimate of drug-likeness (QED) is 0.448. The van der Waals surface area contributed by atoms with Crippen molar-refractivity contribution in [3.8, 4) is 17.2 Å². The first-order valence-corrected chi connectivity index (χ1v) is 12.1. The number of nitrogens with zero attached hydrogens (tertiary/aromatic N) is 1. The number of oxazole rings is 1. The molecule has 0 aliphatic carbocycles. The highest BCUT2D eigenvalue weighted by molar-refractivity contribution is 7.88. The summed E-state index contributed by atoms with van der Waals surface area (Å²) in [6.07, 6.45) is 1.81. The summed E-state index contributed by atoms with van der Waals surface area (Å²) in [6, 6.07) is 17.5. The van der Waals surface area contributed by atoms with Crippen molar-refractivity contribution in [2.45, 2.75) is 39.5 Å². The number of sulfonamides is 1. The van der Waals surface area contributed by atoms with E-state index < -0.39 is 16.3 Å². The van der Waals surface area contributed by atoms with Gasteiger partial charge in [0.1, 0.15) is 30.0 Å². The van der Waals surface area contributed by atoms with Crippen LogP contribution in [0.4, 0.5) is 0 Å². The van der Waals surface area contributed by atoms with E-state index in [1.165, 1.54) is 0 Å². The normalized spacial score (nSPS) is 12.6. The molecule has 0 radical (unpaired) electrons. The predicted molar refractivity (Wildman–Crippen MR) is 119 cm³/mol. The largest absolute Gasteiger partial charge is 0.487 e. The third kappa shape index (κ3) is 7.20. The molecule has 8 heteroatoms. The lowest BCUT2D eigenvalue weighted by Crippen LogP contribution is -2.36. The van der Waals surface area contributed by atoms with Crippen LogP contribution in [0.15, 0.2) is 59.0 Å². The first kappa shape index (κ1) is 23.0. The van der Waals surface area contributed by atoms with Gasteiger partial charge in [-0.2, -0.15) is 4.72 Å². The number of hydrogen-bond acceptors (Lipinski definition) is 6. The lowest BCUT2D eigenvalue weighted by molar-refractivity contribution is 0.0495. The van der Waals surface area contributed by atoms with Gasteiger partial charge in [-0.05, 0) is 56.5 Å². The first-order valence-electron chi connectivity index (χ1n) is 10.2. The zero-order valence-electron chi connectivity index (χ0n) is 18.0. The van der Waals surface area contributed by atoms with Crippen molar-refractivity contribution >= 4 is 10.0 Å². The molecule has 1 N–H and O–H groups in total. The Balaban J connectivity index is 1.54. The van der Waals surface area contributed by atoms with Crippen molar-refractivity contribution in [1.82, 2.24) is 9.71 Å². The van der Waals surface area contributed by atoms with Crippen LogP contribution < -0.4 is 9.46 Å². The number of rotatable bonds is 11. The van der Waals surface area contributed by atoms with Gasteiger partial charge in [-0.3, -0.25) is 0 Å². The lowest BCUT2D eigenvalue weighted by atomic mass is 10.1. The Labute approximate surface area is 183 Å². The van der Waals surface area contributed by atoms with Gasteiger partial charge < -0.3 is 13.9 Å². The van der Waals surface area contributed by atoms with E-state index in [0.29, 0.717) is 31.9 Å². The number of nitrogens with one attached hydrogen (secondary N) is 1. The minimum Gasteiger partial charge on any atom is -0.487 e. The Bertz CT molecular complexity index is 1060. The van der Waals surface area contributed by atoms with Crippen molar-refractivity contribution in [3.63, 3.8) is 0 Å². The van der Waals surface area contributed by atoms with Gasteiger partial charge in [-0.15, -0.1) is 0 Å². The van der Waals surface area contributed by atoms with Crippen LogP contribution in [-0.4, -0.2) is 32.5 Å². The van der Waals surface area contributed by atoms with Crippen LogP contribution in [0, 0.1) is 6.92 Å². The molecule has 0 aliphatic heterocycles. The van der Waals surface area contributed by atoms with Crippen LogP contribution in [0.1, 0.15) is 30.4 Å². The van der Waals surface area contributed by atoms with Crippen LogP contribution in [-0.2, 0) is 27.8 Å². The van der Waals surface area contributed by atoms with E-state index in [1.807, 2.05) is 68.4 Å². The number of aryl methyl sites for hydroxylation is 2. The smallest absolute Gasteiger partial charge is 0.226 e. The Hall–Kier alpha value is -2.68. The van der Waals surface area contributed by atoms with Gasteiger partial charge in [0.2, 0.25) is 15.9 Å². The molecule has 3 aromatic rings. The summed E-state index contributed by atoms with van der Waals surface area (Å²) in [5.74, 6) is 2.04. The molecule has 0 fully saturated rings. The van der Waals surface area contributed by atoms with Crippen molar-refractivity contribution in [1.29, 1.82) is 0 Å². The maximum atomic E-state index is 11.4. The molecular weight excluding hydrogens is 416 g/mol. The Kier molecular flexibility index (Phi) is 7.84. The van der Waals surface area contributed by atoms with Crippen molar-refractivity contribution in [2.75, 3.05) is 12.9 Å². The molecule has 1 unspecified atom stereocenters. The Morgan fingerprint density at radius 1 is 1.10 bits per heavy atom. The summed E-state index contributed by atoms with van der Waals surface area (Å²) < 4.78 is 42.5. The third-order valence-corrected chi connectivity index (χ3v) is 5.31. The van der Waals surface area contributed by atoms with E-state index >= 15 is 0 Å². The Morgan fingerprint density at radius 3 is 2.45 bits per heavy atom. The molecule has 0 amide bonds. The van der Waals surface area contributed by atoms with Gasteiger partial charge in [0, 0.05) is 12.2 Å². The number of ether oxygens (including phenoxy) is 2. The fraction of sp³-hybridized carbons (Fsp3) is 0.348. The SMILES string of the molecule is CCOC(CCc1ccc(OCc2nc(-c3ccccc3)oc2C)cc1)NS(C)(=O)=O. The molecule has 1 atom stereocenters. The van der Waals surface area contributed by atoms with Gasteiger partial charge in [0.05, 0.1) is 6.26 Å². The molecule has 0 aliphatic rings. The highest BCUT2D eigenvalue weighted by atomic mass is 32.2. The van der Waals surface area contributed by atoms with Crippen LogP contribution in [0.25, 0.3) is 11.5 Å². The average Bonchev–Trinajstić information content (AvgIpc) is 3.12. The number of hydrogen-bond donors (Lipinski definition) is 1. The van der Waals surface area contributed by atoms with Gasteiger partial charge in [-0.1, -0.05) is 30.3 Å². The highest BCUT2D eigenvalue weighted by Gasteiger charge is 2.14. The fourth-order valence-electron chi connectivity index (χ4n) is 3.08. The van der Waals surface area contributed by atoms with Gasteiger partial charge in [0.25, 0.3) is 0 Å². The summed E-state index contributed by atoms with van der Waals surface area (Å²) in [4.78, 5) is 4.55. The van der Waals surface area contributed by atoms with Gasteiger partial charge in [-0.25, -0.2) is 13.4 Å². The molecule has 1 aromatic heterocycles. The topological polar surface area (TPSA) is 90.7 Å². The number of aromatic nitrogens is 1. The maximum absolute atomic E-state index is 11.4. The van der Waals surface area contributed by atoms with E-state index in [1.54, 1.807) is 0 Å². The second-order valence-electron chi connectivity index (χ2n) is 7.19. The monoisotopic (exact) mass is 444 g/mol.